The second-order valence-corrected chi connectivity index (χ2v) is 13.6. The van der Waals surface area contributed by atoms with Crippen LogP contribution in [0.25, 0.3) is 0 Å². The molecule has 7 atom stereocenters. The van der Waals surface area contributed by atoms with Crippen LogP contribution in [0.1, 0.15) is 77.3 Å². The second kappa shape index (κ2) is 16.4. The van der Waals surface area contributed by atoms with Crippen LogP contribution in [0.15, 0.2) is 23.8 Å². The van der Waals surface area contributed by atoms with Crippen molar-refractivity contribution in [3.8, 4) is 11.5 Å². The van der Waals surface area contributed by atoms with Crippen molar-refractivity contribution in [1.29, 1.82) is 0 Å². The molecule has 0 unspecified atom stereocenters. The molecule has 11 heteroatoms. The molecule has 1 heterocycles. The van der Waals surface area contributed by atoms with Gasteiger partial charge in [-0.1, -0.05) is 27.2 Å². The van der Waals surface area contributed by atoms with Crippen LogP contribution in [0.5, 0.6) is 11.5 Å². The van der Waals surface area contributed by atoms with E-state index in [2.05, 4.69) is 26.1 Å². The Morgan fingerprint density at radius 3 is 2.57 bits per heavy atom. The van der Waals surface area contributed by atoms with Gasteiger partial charge in [0.2, 0.25) is 11.8 Å². The van der Waals surface area contributed by atoms with Crippen LogP contribution in [0.3, 0.4) is 0 Å². The van der Waals surface area contributed by atoms with Crippen LogP contribution in [0.2, 0.25) is 0 Å². The number of nitrogens with one attached hydrogen (secondary N) is 1. The largest absolute Gasteiger partial charge is 0.493 e. The molecule has 46 heavy (non-hydrogen) atoms. The smallest absolute Gasteiger partial charge is 0.249 e. The molecule has 1 aromatic carbocycles. The van der Waals surface area contributed by atoms with E-state index in [1.165, 1.54) is 7.11 Å². The number of carbonyl (C=O) groups is 2. The summed E-state index contributed by atoms with van der Waals surface area (Å²) in [5, 5.41) is 34.0. The van der Waals surface area contributed by atoms with Crippen LogP contribution in [0.4, 0.5) is 0 Å². The Labute approximate surface area is 273 Å². The first-order valence-electron chi connectivity index (χ1n) is 16.8. The minimum Gasteiger partial charge on any atom is -0.493 e. The van der Waals surface area contributed by atoms with E-state index < -0.39 is 30.1 Å². The summed E-state index contributed by atoms with van der Waals surface area (Å²) in [5.41, 5.74) is 1.49. The lowest BCUT2D eigenvalue weighted by Gasteiger charge is -2.41. The predicted octanol–water partition coefficient (Wildman–Crippen LogP) is 2.93. The Morgan fingerprint density at radius 1 is 1.15 bits per heavy atom. The van der Waals surface area contributed by atoms with Crippen molar-refractivity contribution in [1.82, 2.24) is 10.2 Å². The number of amides is 2. The first-order chi connectivity index (χ1) is 22.0. The van der Waals surface area contributed by atoms with E-state index in [0.29, 0.717) is 59.0 Å². The van der Waals surface area contributed by atoms with Crippen molar-refractivity contribution in [2.75, 3.05) is 40.0 Å². The normalized spacial score (nSPS) is 27.1. The SMILES string of the molecule is COc1cc(CO)cc2c1O[C@@H]1[C@@H](O)[C@H](N(CCCOC(C)C)C(=O)CO[C@H]3C[C@@H](C)CC[C@@H]3C(C)C)C=C(C(=O)NCCO)[C@H]21. The number of rotatable bonds is 15. The maximum absolute atomic E-state index is 14.1. The zero-order valence-corrected chi connectivity index (χ0v) is 28.2. The molecule has 4 rings (SSSR count). The Balaban J connectivity index is 1.68. The maximum atomic E-state index is 14.1. The average Bonchev–Trinajstić information content (AvgIpc) is 3.42. The number of carbonyl (C=O) groups excluding carboxylic acids is 2. The van der Waals surface area contributed by atoms with Crippen molar-refractivity contribution in [3.05, 3.63) is 34.9 Å². The molecule has 1 aromatic rings. The highest BCUT2D eigenvalue weighted by Gasteiger charge is 2.51. The van der Waals surface area contributed by atoms with Gasteiger partial charge in [-0.25, -0.2) is 0 Å². The lowest BCUT2D eigenvalue weighted by Crippen LogP contribution is -2.56. The molecule has 0 bridgehead atoms. The van der Waals surface area contributed by atoms with Crippen molar-refractivity contribution in [3.63, 3.8) is 0 Å². The summed E-state index contributed by atoms with van der Waals surface area (Å²) >= 11 is 0. The van der Waals surface area contributed by atoms with Gasteiger partial charge in [0.1, 0.15) is 18.8 Å². The number of hydrogen-bond acceptors (Lipinski definition) is 9. The fourth-order valence-corrected chi connectivity index (χ4v) is 7.18. The molecular weight excluding hydrogens is 592 g/mol. The van der Waals surface area contributed by atoms with Gasteiger partial charge in [-0.05, 0) is 74.6 Å². The van der Waals surface area contributed by atoms with Crippen molar-refractivity contribution in [2.24, 2.45) is 17.8 Å². The molecule has 0 aromatic heterocycles. The van der Waals surface area contributed by atoms with Gasteiger partial charge in [0.25, 0.3) is 0 Å². The third-order valence-corrected chi connectivity index (χ3v) is 9.55. The molecule has 1 fully saturated rings. The number of ether oxygens (including phenoxy) is 4. The molecule has 258 valence electrons. The van der Waals surface area contributed by atoms with Crippen LogP contribution in [-0.4, -0.2) is 103 Å². The molecule has 11 nitrogen and oxygen atoms in total. The first-order valence-corrected chi connectivity index (χ1v) is 16.8. The van der Waals surface area contributed by atoms with Gasteiger partial charge in [-0.3, -0.25) is 9.59 Å². The lowest BCUT2D eigenvalue weighted by molar-refractivity contribution is -0.147. The van der Waals surface area contributed by atoms with E-state index >= 15 is 0 Å². The third kappa shape index (κ3) is 8.23. The first kappa shape index (κ1) is 36.1. The molecule has 0 radical (unpaired) electrons. The van der Waals surface area contributed by atoms with E-state index in [0.717, 1.165) is 19.3 Å². The Kier molecular flexibility index (Phi) is 12.9. The van der Waals surface area contributed by atoms with E-state index in [4.69, 9.17) is 18.9 Å². The molecule has 0 saturated heterocycles. The Hall–Kier alpha value is -2.70. The standard InChI is InChI=1S/C35H54N2O9/c1-20(2)24-9-8-22(5)14-28(24)45-19-30(40)37(11-7-13-44-21(3)4)27-17-26(35(42)36-10-12-38)31-25-15-23(18-39)16-29(43-6)33(25)46-34(31)32(27)41/h15-17,20-22,24,27-28,31-32,34,38-39,41H,7-14,18-19H2,1-6H3,(H,36,42)/t22-,24+,27+,28-,31-,32-,34-/m0/s1. The van der Waals surface area contributed by atoms with Gasteiger partial charge < -0.3 is 44.5 Å². The van der Waals surface area contributed by atoms with Crippen molar-refractivity contribution >= 4 is 11.8 Å². The summed E-state index contributed by atoms with van der Waals surface area (Å²) in [7, 11) is 1.49. The summed E-state index contributed by atoms with van der Waals surface area (Å²) in [4.78, 5) is 29.2. The van der Waals surface area contributed by atoms with Gasteiger partial charge >= 0.3 is 0 Å². The number of nitrogens with zero attached hydrogens (tertiary/aromatic N) is 1. The molecule has 2 aliphatic carbocycles. The Morgan fingerprint density at radius 2 is 1.91 bits per heavy atom. The minimum absolute atomic E-state index is 0.0284. The molecule has 1 aliphatic heterocycles. The number of fused-ring (bicyclic) bond motifs is 3. The van der Waals surface area contributed by atoms with Gasteiger partial charge in [-0.2, -0.15) is 0 Å². The predicted molar refractivity (Wildman–Crippen MR) is 173 cm³/mol. The van der Waals surface area contributed by atoms with Crippen LogP contribution >= 0.6 is 0 Å². The molecule has 2 amide bonds. The number of benzene rings is 1. The third-order valence-electron chi connectivity index (χ3n) is 9.55. The molecule has 4 N–H and O–H groups in total. The van der Waals surface area contributed by atoms with E-state index in [1.807, 2.05) is 13.8 Å². The van der Waals surface area contributed by atoms with Gasteiger partial charge in [0.15, 0.2) is 11.5 Å². The average molecular weight is 647 g/mol. The number of aliphatic hydroxyl groups is 3. The lowest BCUT2D eigenvalue weighted by atomic mass is 9.75. The van der Waals surface area contributed by atoms with Crippen molar-refractivity contribution in [2.45, 2.75) is 103 Å². The summed E-state index contributed by atoms with van der Waals surface area (Å²) in [6.45, 7) is 10.6. The fourth-order valence-electron chi connectivity index (χ4n) is 7.18. The molecular formula is C35H54N2O9. The van der Waals surface area contributed by atoms with E-state index in [9.17, 15) is 24.9 Å². The van der Waals surface area contributed by atoms with E-state index in [-0.39, 0.29) is 51.0 Å². The highest BCUT2D eigenvalue weighted by Crippen LogP contribution is 2.51. The van der Waals surface area contributed by atoms with Crippen LogP contribution < -0.4 is 14.8 Å². The summed E-state index contributed by atoms with van der Waals surface area (Å²) < 4.78 is 24.0. The second-order valence-electron chi connectivity index (χ2n) is 13.6. The highest BCUT2D eigenvalue weighted by atomic mass is 16.5. The fraction of sp³-hybridized carbons (Fsp3) is 0.714. The van der Waals surface area contributed by atoms with Crippen LogP contribution in [0, 0.1) is 17.8 Å². The summed E-state index contributed by atoms with van der Waals surface area (Å²) in [6, 6.07) is 2.52. The van der Waals surface area contributed by atoms with Crippen molar-refractivity contribution < 1.29 is 43.9 Å². The van der Waals surface area contributed by atoms with Gasteiger partial charge in [-0.15, -0.1) is 0 Å². The Bertz CT molecular complexity index is 1220. The zero-order chi connectivity index (χ0) is 33.5. The zero-order valence-electron chi connectivity index (χ0n) is 28.2. The number of hydrogen-bond donors (Lipinski definition) is 4. The van der Waals surface area contributed by atoms with Gasteiger partial charge in [0, 0.05) is 30.8 Å². The van der Waals surface area contributed by atoms with E-state index in [1.54, 1.807) is 23.1 Å². The maximum Gasteiger partial charge on any atom is 0.249 e. The topological polar surface area (TPSA) is 147 Å². The summed E-state index contributed by atoms with van der Waals surface area (Å²) in [6.07, 6.45) is 3.17. The molecule has 0 spiro atoms. The van der Waals surface area contributed by atoms with Crippen LogP contribution in [-0.2, 0) is 25.7 Å². The minimum atomic E-state index is -1.19. The van der Waals surface area contributed by atoms with Gasteiger partial charge in [0.05, 0.1) is 44.5 Å². The quantitative estimate of drug-likeness (QED) is 0.211. The molecule has 3 aliphatic rings. The highest BCUT2D eigenvalue weighted by molar-refractivity contribution is 5.96. The summed E-state index contributed by atoms with van der Waals surface area (Å²) in [5.74, 6) is 0.669. The monoisotopic (exact) mass is 646 g/mol. The number of aliphatic hydroxyl groups excluding tert-OH is 3. The molecule has 1 saturated carbocycles. The number of methoxy groups -OCH3 is 1.